The van der Waals surface area contributed by atoms with Crippen molar-refractivity contribution in [2.75, 3.05) is 17.2 Å². The number of rotatable bonds is 7. The molecule has 1 saturated carbocycles. The van der Waals surface area contributed by atoms with Gasteiger partial charge >= 0.3 is 0 Å². The average molecular weight is 286 g/mol. The monoisotopic (exact) mass is 286 g/mol. The van der Waals surface area contributed by atoms with Crippen LogP contribution in [0.15, 0.2) is 18.5 Å². The minimum Gasteiger partial charge on any atom is -0.370 e. The fraction of sp³-hybridized carbons (Fsp3) is 0.533. The van der Waals surface area contributed by atoms with Crippen LogP contribution in [0.25, 0.3) is 0 Å². The van der Waals surface area contributed by atoms with Crippen LogP contribution in [0.2, 0.25) is 0 Å². The van der Waals surface area contributed by atoms with Gasteiger partial charge in [-0.05, 0) is 19.3 Å². The van der Waals surface area contributed by atoms with Gasteiger partial charge in [-0.15, -0.1) is 0 Å². The summed E-state index contributed by atoms with van der Waals surface area (Å²) in [5.41, 5.74) is 1.15. The van der Waals surface area contributed by atoms with Gasteiger partial charge in [0.15, 0.2) is 0 Å². The largest absolute Gasteiger partial charge is 0.370 e. The maximum Gasteiger partial charge on any atom is 0.136 e. The average Bonchev–Trinajstić information content (AvgIpc) is 3.26. The molecule has 0 atom stereocenters. The second-order valence-corrected chi connectivity index (χ2v) is 5.57. The van der Waals surface area contributed by atoms with Crippen molar-refractivity contribution in [2.24, 2.45) is 7.05 Å². The first-order chi connectivity index (χ1) is 10.2. The molecule has 0 spiro atoms. The van der Waals surface area contributed by atoms with Crippen LogP contribution in [0.4, 0.5) is 11.6 Å². The molecule has 1 fully saturated rings. The predicted octanol–water partition coefficient (Wildman–Crippen LogP) is 2.52. The molecular weight excluding hydrogens is 264 g/mol. The van der Waals surface area contributed by atoms with Gasteiger partial charge < -0.3 is 10.6 Å². The van der Waals surface area contributed by atoms with E-state index in [2.05, 4.69) is 32.6 Å². The Kier molecular flexibility index (Phi) is 4.03. The van der Waals surface area contributed by atoms with Crippen LogP contribution in [0.5, 0.6) is 0 Å². The lowest BCUT2D eigenvalue weighted by Crippen LogP contribution is -2.08. The minimum absolute atomic E-state index is 0.548. The Balaban J connectivity index is 1.71. The maximum absolute atomic E-state index is 4.64. The lowest BCUT2D eigenvalue weighted by atomic mass is 10.3. The predicted molar refractivity (Wildman–Crippen MR) is 83.3 cm³/mol. The van der Waals surface area contributed by atoms with Crippen molar-refractivity contribution in [3.8, 4) is 0 Å². The Morgan fingerprint density at radius 3 is 2.62 bits per heavy atom. The number of nitrogens with one attached hydrogen (secondary N) is 2. The first-order valence-corrected chi connectivity index (χ1v) is 7.59. The highest BCUT2D eigenvalue weighted by Crippen LogP contribution is 2.38. The second-order valence-electron chi connectivity index (χ2n) is 5.57. The van der Waals surface area contributed by atoms with Crippen LogP contribution >= 0.6 is 0 Å². The van der Waals surface area contributed by atoms with Gasteiger partial charge in [0.1, 0.15) is 17.5 Å². The van der Waals surface area contributed by atoms with Gasteiger partial charge in [0, 0.05) is 43.9 Å². The molecule has 6 heteroatoms. The summed E-state index contributed by atoms with van der Waals surface area (Å²) < 4.78 is 1.81. The summed E-state index contributed by atoms with van der Waals surface area (Å²) in [4.78, 5) is 9.25. The number of hydrogen-bond donors (Lipinski definition) is 2. The van der Waals surface area contributed by atoms with Gasteiger partial charge in [0.2, 0.25) is 0 Å². The Hall–Kier alpha value is -2.11. The molecule has 6 nitrogen and oxygen atoms in total. The second kappa shape index (κ2) is 6.11. The highest BCUT2D eigenvalue weighted by molar-refractivity contribution is 5.48. The molecule has 2 heterocycles. The van der Waals surface area contributed by atoms with Crippen LogP contribution < -0.4 is 10.6 Å². The molecule has 1 aliphatic carbocycles. The van der Waals surface area contributed by atoms with E-state index in [1.165, 1.54) is 12.8 Å². The lowest BCUT2D eigenvalue weighted by Gasteiger charge is -2.10. The zero-order valence-electron chi connectivity index (χ0n) is 12.6. The minimum atomic E-state index is 0.548. The Morgan fingerprint density at radius 1 is 1.24 bits per heavy atom. The van der Waals surface area contributed by atoms with E-state index in [9.17, 15) is 0 Å². The van der Waals surface area contributed by atoms with Gasteiger partial charge in [-0.2, -0.15) is 5.10 Å². The standard InChI is InChI=1S/C15H22N6/c1-3-6-16-13-7-14(20-15(19-13)12-4-5-12)17-8-11-9-18-21(2)10-11/h7,9-10,12H,3-6,8H2,1-2H3,(H2,16,17,19,20). The number of aromatic nitrogens is 4. The van der Waals surface area contributed by atoms with Gasteiger partial charge in [-0.25, -0.2) is 9.97 Å². The molecule has 21 heavy (non-hydrogen) atoms. The van der Waals surface area contributed by atoms with Gasteiger partial charge in [-0.3, -0.25) is 4.68 Å². The summed E-state index contributed by atoms with van der Waals surface area (Å²) in [6.45, 7) is 3.81. The van der Waals surface area contributed by atoms with E-state index in [-0.39, 0.29) is 0 Å². The van der Waals surface area contributed by atoms with Crippen molar-refractivity contribution in [2.45, 2.75) is 38.6 Å². The van der Waals surface area contributed by atoms with E-state index in [1.54, 1.807) is 4.68 Å². The van der Waals surface area contributed by atoms with Gasteiger partial charge in [-0.1, -0.05) is 6.92 Å². The fourth-order valence-electron chi connectivity index (χ4n) is 2.18. The van der Waals surface area contributed by atoms with Crippen LogP contribution in [-0.2, 0) is 13.6 Å². The number of anilines is 2. The van der Waals surface area contributed by atoms with Crippen molar-refractivity contribution in [3.05, 3.63) is 29.8 Å². The Morgan fingerprint density at radius 2 is 2.00 bits per heavy atom. The first kappa shape index (κ1) is 13.9. The highest BCUT2D eigenvalue weighted by atomic mass is 15.2. The summed E-state index contributed by atoms with van der Waals surface area (Å²) in [5, 5.41) is 10.9. The van der Waals surface area contributed by atoms with Crippen molar-refractivity contribution < 1.29 is 0 Å². The number of nitrogens with zero attached hydrogens (tertiary/aromatic N) is 4. The molecule has 0 unspecified atom stereocenters. The Labute approximate surface area is 125 Å². The molecule has 0 radical (unpaired) electrons. The lowest BCUT2D eigenvalue weighted by molar-refractivity contribution is 0.767. The maximum atomic E-state index is 4.64. The van der Waals surface area contributed by atoms with Crippen LogP contribution in [0, 0.1) is 0 Å². The van der Waals surface area contributed by atoms with Crippen molar-refractivity contribution in [1.29, 1.82) is 0 Å². The highest BCUT2D eigenvalue weighted by Gasteiger charge is 2.27. The quantitative estimate of drug-likeness (QED) is 0.818. The van der Waals surface area contributed by atoms with Crippen LogP contribution in [0.3, 0.4) is 0 Å². The zero-order chi connectivity index (χ0) is 14.7. The molecule has 0 bridgehead atoms. The fourth-order valence-corrected chi connectivity index (χ4v) is 2.18. The third-order valence-electron chi connectivity index (χ3n) is 3.47. The summed E-state index contributed by atoms with van der Waals surface area (Å²) in [5.74, 6) is 3.31. The van der Waals surface area contributed by atoms with E-state index >= 15 is 0 Å². The van der Waals surface area contributed by atoms with Crippen molar-refractivity contribution in [1.82, 2.24) is 19.7 Å². The molecule has 2 aromatic rings. The molecular formula is C15H22N6. The van der Waals surface area contributed by atoms with Gasteiger partial charge in [0.25, 0.3) is 0 Å². The molecule has 0 aliphatic heterocycles. The summed E-state index contributed by atoms with van der Waals surface area (Å²) in [7, 11) is 1.92. The number of hydrogen-bond acceptors (Lipinski definition) is 5. The molecule has 0 amide bonds. The topological polar surface area (TPSA) is 67.7 Å². The molecule has 1 aliphatic rings. The Bertz CT molecular complexity index is 602. The molecule has 0 aromatic carbocycles. The molecule has 112 valence electrons. The van der Waals surface area contributed by atoms with E-state index in [0.717, 1.165) is 42.5 Å². The van der Waals surface area contributed by atoms with Crippen LogP contribution in [0.1, 0.15) is 43.5 Å². The molecule has 2 aromatic heterocycles. The molecule has 3 rings (SSSR count). The third-order valence-corrected chi connectivity index (χ3v) is 3.47. The smallest absolute Gasteiger partial charge is 0.136 e. The summed E-state index contributed by atoms with van der Waals surface area (Å²) >= 11 is 0. The third kappa shape index (κ3) is 3.71. The van der Waals surface area contributed by atoms with Gasteiger partial charge in [0.05, 0.1) is 6.20 Å². The van der Waals surface area contributed by atoms with Crippen LogP contribution in [-0.4, -0.2) is 26.3 Å². The SMILES string of the molecule is CCCNc1cc(NCc2cnn(C)c2)nc(C2CC2)n1. The number of aryl methyl sites for hydroxylation is 1. The van der Waals surface area contributed by atoms with E-state index < -0.39 is 0 Å². The normalized spacial score (nSPS) is 14.2. The molecule has 0 saturated heterocycles. The molecule has 2 N–H and O–H groups in total. The summed E-state index contributed by atoms with van der Waals surface area (Å²) in [6.07, 6.45) is 7.37. The summed E-state index contributed by atoms with van der Waals surface area (Å²) in [6, 6.07) is 1.98. The zero-order valence-corrected chi connectivity index (χ0v) is 12.6. The first-order valence-electron chi connectivity index (χ1n) is 7.59. The van der Waals surface area contributed by atoms with E-state index in [1.807, 2.05) is 25.5 Å². The van der Waals surface area contributed by atoms with E-state index in [0.29, 0.717) is 5.92 Å². The van der Waals surface area contributed by atoms with Crippen molar-refractivity contribution >= 4 is 11.6 Å². The van der Waals surface area contributed by atoms with E-state index in [4.69, 9.17) is 0 Å². The van der Waals surface area contributed by atoms with Crippen molar-refractivity contribution in [3.63, 3.8) is 0 Å².